The van der Waals surface area contributed by atoms with E-state index in [2.05, 4.69) is 10.3 Å². The molecule has 1 amide bonds. The number of anilines is 1. The maximum Gasteiger partial charge on any atom is 0.416 e. The van der Waals surface area contributed by atoms with Crippen molar-refractivity contribution in [3.63, 3.8) is 0 Å². The number of benzene rings is 2. The minimum absolute atomic E-state index is 0.175. The molecule has 0 aliphatic carbocycles. The highest BCUT2D eigenvalue weighted by molar-refractivity contribution is 7.89. The molecule has 11 heteroatoms. The predicted octanol–water partition coefficient (Wildman–Crippen LogP) is 5.02. The summed E-state index contributed by atoms with van der Waals surface area (Å²) in [6.45, 7) is 1.58. The zero-order chi connectivity index (χ0) is 25.3. The van der Waals surface area contributed by atoms with Crippen LogP contribution in [0.5, 0.6) is 5.75 Å². The highest BCUT2D eigenvalue weighted by Crippen LogP contribution is 2.37. The molecule has 1 N–H and O–H groups in total. The number of aromatic nitrogens is 1. The Morgan fingerprint density at radius 1 is 1.09 bits per heavy atom. The molecule has 0 unspecified atom stereocenters. The molecule has 34 heavy (non-hydrogen) atoms. The zero-order valence-electron chi connectivity index (χ0n) is 18.3. The quantitative estimate of drug-likeness (QED) is 0.485. The maximum absolute atomic E-state index is 13.7. The molecule has 0 saturated carbocycles. The van der Waals surface area contributed by atoms with E-state index in [0.717, 1.165) is 18.4 Å². The van der Waals surface area contributed by atoms with Crippen LogP contribution >= 0.6 is 0 Å². The molecule has 3 aromatic rings. The van der Waals surface area contributed by atoms with Crippen LogP contribution in [0.1, 0.15) is 27.2 Å². The summed E-state index contributed by atoms with van der Waals surface area (Å²) in [7, 11) is -2.31. The van der Waals surface area contributed by atoms with Crippen molar-refractivity contribution in [1.82, 2.24) is 4.98 Å². The van der Waals surface area contributed by atoms with Crippen LogP contribution in [0.25, 0.3) is 11.1 Å². The van der Waals surface area contributed by atoms with Crippen molar-refractivity contribution in [2.75, 3.05) is 18.7 Å². The SMILES string of the molecule is COc1cc(F)ccc1-c1ccnc(C)c1NC(=O)c1cc(CS(C)(=O)=O)cc(C(F)(F)F)c1. The van der Waals surface area contributed by atoms with Gasteiger partial charge in [0, 0.05) is 35.2 Å². The lowest BCUT2D eigenvalue weighted by molar-refractivity contribution is -0.137. The molecule has 0 bridgehead atoms. The molecule has 2 aromatic carbocycles. The number of amides is 1. The van der Waals surface area contributed by atoms with Gasteiger partial charge in [-0.3, -0.25) is 9.78 Å². The first kappa shape index (κ1) is 25.2. The number of carbonyl (C=O) groups is 1. The largest absolute Gasteiger partial charge is 0.496 e. The third-order valence-corrected chi connectivity index (χ3v) is 5.70. The molecule has 1 aromatic heterocycles. The summed E-state index contributed by atoms with van der Waals surface area (Å²) in [6, 6.07) is 7.76. The van der Waals surface area contributed by atoms with E-state index in [1.54, 1.807) is 13.0 Å². The smallest absolute Gasteiger partial charge is 0.416 e. The Labute approximate surface area is 193 Å². The van der Waals surface area contributed by atoms with Gasteiger partial charge in [0.05, 0.1) is 29.8 Å². The van der Waals surface area contributed by atoms with Crippen LogP contribution in [0.4, 0.5) is 23.2 Å². The second-order valence-corrected chi connectivity index (χ2v) is 9.74. The van der Waals surface area contributed by atoms with Crippen LogP contribution in [0.15, 0.2) is 48.7 Å². The Bertz CT molecular complexity index is 1360. The van der Waals surface area contributed by atoms with Crippen molar-refractivity contribution >= 4 is 21.4 Å². The van der Waals surface area contributed by atoms with Gasteiger partial charge in [-0.05, 0) is 48.9 Å². The molecule has 0 atom stereocenters. The summed E-state index contributed by atoms with van der Waals surface area (Å²) >= 11 is 0. The normalized spacial score (nSPS) is 11.9. The number of pyridine rings is 1. The molecule has 1 heterocycles. The Morgan fingerprint density at radius 2 is 1.79 bits per heavy atom. The molecular weight excluding hydrogens is 476 g/mol. The number of aryl methyl sites for hydroxylation is 1. The van der Waals surface area contributed by atoms with E-state index in [-0.39, 0.29) is 22.6 Å². The van der Waals surface area contributed by atoms with Crippen LogP contribution < -0.4 is 10.1 Å². The van der Waals surface area contributed by atoms with Crippen molar-refractivity contribution < 1.29 is 35.5 Å². The van der Waals surface area contributed by atoms with Gasteiger partial charge in [0.25, 0.3) is 5.91 Å². The van der Waals surface area contributed by atoms with Gasteiger partial charge in [-0.15, -0.1) is 0 Å². The maximum atomic E-state index is 13.7. The number of alkyl halides is 3. The first-order valence-corrected chi connectivity index (χ1v) is 11.8. The van der Waals surface area contributed by atoms with E-state index in [0.29, 0.717) is 29.0 Å². The topological polar surface area (TPSA) is 85.4 Å². The number of nitrogens with zero attached hydrogens (tertiary/aromatic N) is 1. The molecule has 0 fully saturated rings. The molecule has 180 valence electrons. The number of rotatable bonds is 6. The predicted molar refractivity (Wildman–Crippen MR) is 119 cm³/mol. The summed E-state index contributed by atoms with van der Waals surface area (Å²) < 4.78 is 82.4. The first-order chi connectivity index (χ1) is 15.8. The highest BCUT2D eigenvalue weighted by Gasteiger charge is 2.32. The fourth-order valence-electron chi connectivity index (χ4n) is 3.39. The lowest BCUT2D eigenvalue weighted by Crippen LogP contribution is -2.17. The van der Waals surface area contributed by atoms with Gasteiger partial charge in [-0.1, -0.05) is 0 Å². The highest BCUT2D eigenvalue weighted by atomic mass is 32.2. The number of halogens is 4. The van der Waals surface area contributed by atoms with E-state index in [4.69, 9.17) is 4.74 Å². The number of carbonyl (C=O) groups excluding carboxylic acids is 1. The average Bonchev–Trinajstić information content (AvgIpc) is 2.73. The van der Waals surface area contributed by atoms with E-state index in [1.165, 1.54) is 25.4 Å². The van der Waals surface area contributed by atoms with Gasteiger partial charge in [0.15, 0.2) is 9.84 Å². The van der Waals surface area contributed by atoms with Gasteiger partial charge in [-0.2, -0.15) is 13.2 Å². The molecule has 3 rings (SSSR count). The second kappa shape index (κ2) is 9.41. The fraction of sp³-hybridized carbons (Fsp3) is 0.217. The average molecular weight is 496 g/mol. The van der Waals surface area contributed by atoms with Crippen LogP contribution in [0.3, 0.4) is 0 Å². The van der Waals surface area contributed by atoms with Crippen molar-refractivity contribution in [2.45, 2.75) is 18.9 Å². The molecule has 0 saturated heterocycles. The van der Waals surface area contributed by atoms with E-state index in [9.17, 15) is 30.8 Å². The molecule has 0 radical (unpaired) electrons. The van der Waals surface area contributed by atoms with Crippen molar-refractivity contribution in [3.8, 4) is 16.9 Å². The number of sulfone groups is 1. The van der Waals surface area contributed by atoms with Crippen molar-refractivity contribution in [3.05, 3.63) is 76.9 Å². The summed E-state index contributed by atoms with van der Waals surface area (Å²) in [5, 5.41) is 2.56. The standard InChI is InChI=1S/C23H20F4N2O4S/c1-13-21(19(6-7-28-13)18-5-4-17(24)11-20(18)33-2)29-22(30)15-8-14(12-34(3,31)32)9-16(10-15)23(25,26)27/h4-11H,12H2,1-3H3,(H,29,30). The van der Waals surface area contributed by atoms with Gasteiger partial charge in [0.2, 0.25) is 0 Å². The van der Waals surface area contributed by atoms with E-state index >= 15 is 0 Å². The van der Waals surface area contributed by atoms with E-state index < -0.39 is 39.1 Å². The Balaban J connectivity index is 2.08. The lowest BCUT2D eigenvalue weighted by atomic mass is 10.0. The number of methoxy groups -OCH3 is 1. The minimum atomic E-state index is -4.79. The molecule has 6 nitrogen and oxygen atoms in total. The summed E-state index contributed by atoms with van der Waals surface area (Å²) in [4.78, 5) is 17.1. The summed E-state index contributed by atoms with van der Waals surface area (Å²) in [5.74, 6) is -1.93. The Hall–Kier alpha value is -3.47. The number of hydrogen-bond acceptors (Lipinski definition) is 5. The minimum Gasteiger partial charge on any atom is -0.496 e. The zero-order valence-corrected chi connectivity index (χ0v) is 19.1. The number of hydrogen-bond donors (Lipinski definition) is 1. The lowest BCUT2D eigenvalue weighted by Gasteiger charge is -2.17. The fourth-order valence-corrected chi connectivity index (χ4v) is 4.17. The molecule has 0 spiro atoms. The molecule has 0 aliphatic rings. The Morgan fingerprint density at radius 3 is 2.41 bits per heavy atom. The van der Waals surface area contributed by atoms with Crippen molar-refractivity contribution in [2.24, 2.45) is 0 Å². The number of ether oxygens (including phenoxy) is 1. The van der Waals surface area contributed by atoms with Gasteiger partial charge in [-0.25, -0.2) is 12.8 Å². The monoisotopic (exact) mass is 496 g/mol. The number of nitrogens with one attached hydrogen (secondary N) is 1. The first-order valence-electron chi connectivity index (χ1n) is 9.78. The molecule has 0 aliphatic heterocycles. The summed E-state index contributed by atoms with van der Waals surface area (Å²) in [5.41, 5.74) is -0.353. The van der Waals surface area contributed by atoms with Gasteiger partial charge in [0.1, 0.15) is 11.6 Å². The van der Waals surface area contributed by atoms with Gasteiger partial charge >= 0.3 is 6.18 Å². The summed E-state index contributed by atoms with van der Waals surface area (Å²) in [6.07, 6.45) is -2.45. The third-order valence-electron chi connectivity index (χ3n) is 4.84. The van der Waals surface area contributed by atoms with Crippen LogP contribution in [-0.4, -0.2) is 32.7 Å². The third kappa shape index (κ3) is 5.90. The van der Waals surface area contributed by atoms with Crippen LogP contribution in [0.2, 0.25) is 0 Å². The van der Waals surface area contributed by atoms with Gasteiger partial charge < -0.3 is 10.1 Å². The van der Waals surface area contributed by atoms with Crippen LogP contribution in [-0.2, 0) is 21.8 Å². The second-order valence-electron chi connectivity index (χ2n) is 7.60. The van der Waals surface area contributed by atoms with E-state index in [1.807, 2.05) is 0 Å². The van der Waals surface area contributed by atoms with Crippen molar-refractivity contribution in [1.29, 1.82) is 0 Å². The Kier molecular flexibility index (Phi) is 6.97. The molecular formula is C23H20F4N2O4S. The van der Waals surface area contributed by atoms with Crippen LogP contribution in [0, 0.1) is 12.7 Å².